The number of hydrogen-bond acceptors (Lipinski definition) is 3. The molecule has 0 aromatic carbocycles. The summed E-state index contributed by atoms with van der Waals surface area (Å²) >= 11 is 0. The number of aliphatic hydroxyl groups excluding tert-OH is 2. The fourth-order valence-electron chi connectivity index (χ4n) is 1.50. The van der Waals surface area contributed by atoms with Gasteiger partial charge in [0, 0.05) is 0 Å². The molecule has 1 rings (SSSR count). The van der Waals surface area contributed by atoms with E-state index in [2.05, 4.69) is 0 Å². The van der Waals surface area contributed by atoms with Gasteiger partial charge in [0.25, 0.3) is 0 Å². The standard InChI is InChI=1S/C7H15NO2/c8-4-5-2-1-3-6(9)7(5)10/h5-7,9-10H,1-4,8H2/t5-,6-,7+/m0/s1. The first-order chi connectivity index (χ1) is 4.75. The van der Waals surface area contributed by atoms with Crippen molar-refractivity contribution in [1.29, 1.82) is 0 Å². The zero-order valence-electron chi connectivity index (χ0n) is 6.03. The fraction of sp³-hybridized carbons (Fsp3) is 1.00. The molecule has 1 saturated carbocycles. The van der Waals surface area contributed by atoms with E-state index < -0.39 is 12.2 Å². The van der Waals surface area contributed by atoms with Crippen molar-refractivity contribution in [3.63, 3.8) is 0 Å². The zero-order valence-corrected chi connectivity index (χ0v) is 6.03. The molecule has 3 heteroatoms. The lowest BCUT2D eigenvalue weighted by Gasteiger charge is -2.30. The molecule has 0 aromatic heterocycles. The highest BCUT2D eigenvalue weighted by molar-refractivity contribution is 4.81. The minimum atomic E-state index is -0.584. The van der Waals surface area contributed by atoms with Gasteiger partial charge in [0.2, 0.25) is 0 Å². The Hall–Kier alpha value is -0.120. The summed E-state index contributed by atoms with van der Waals surface area (Å²) in [5.74, 6) is 0.115. The van der Waals surface area contributed by atoms with Crippen LogP contribution in [-0.4, -0.2) is 29.0 Å². The number of aliphatic hydroxyl groups is 2. The summed E-state index contributed by atoms with van der Waals surface area (Å²) in [6.07, 6.45) is 1.54. The molecule has 1 aliphatic rings. The minimum absolute atomic E-state index is 0.115. The molecule has 0 amide bonds. The van der Waals surface area contributed by atoms with Crippen molar-refractivity contribution >= 4 is 0 Å². The summed E-state index contributed by atoms with van der Waals surface area (Å²) in [7, 11) is 0. The molecule has 0 radical (unpaired) electrons. The Bertz CT molecular complexity index is 108. The summed E-state index contributed by atoms with van der Waals surface area (Å²) in [6.45, 7) is 0.484. The largest absolute Gasteiger partial charge is 0.390 e. The van der Waals surface area contributed by atoms with Gasteiger partial charge in [-0.15, -0.1) is 0 Å². The van der Waals surface area contributed by atoms with E-state index in [9.17, 15) is 10.2 Å². The smallest absolute Gasteiger partial charge is 0.0839 e. The van der Waals surface area contributed by atoms with Crippen LogP contribution in [0.1, 0.15) is 19.3 Å². The second kappa shape index (κ2) is 3.32. The van der Waals surface area contributed by atoms with Crippen LogP contribution < -0.4 is 5.73 Å². The molecule has 1 aliphatic carbocycles. The van der Waals surface area contributed by atoms with Crippen LogP contribution in [0.5, 0.6) is 0 Å². The molecular weight excluding hydrogens is 130 g/mol. The van der Waals surface area contributed by atoms with E-state index in [0.29, 0.717) is 6.54 Å². The lowest BCUT2D eigenvalue weighted by molar-refractivity contribution is -0.0417. The van der Waals surface area contributed by atoms with Gasteiger partial charge in [0.15, 0.2) is 0 Å². The van der Waals surface area contributed by atoms with Crippen LogP contribution in [0.4, 0.5) is 0 Å². The quantitative estimate of drug-likeness (QED) is 0.464. The molecule has 3 atom stereocenters. The molecule has 10 heavy (non-hydrogen) atoms. The molecule has 60 valence electrons. The Morgan fingerprint density at radius 2 is 2.00 bits per heavy atom. The first-order valence-electron chi connectivity index (χ1n) is 3.82. The van der Waals surface area contributed by atoms with Gasteiger partial charge in [0.05, 0.1) is 12.2 Å². The molecule has 0 heterocycles. The third-order valence-electron chi connectivity index (χ3n) is 2.25. The predicted octanol–water partition coefficient (Wildman–Crippen LogP) is -0.533. The van der Waals surface area contributed by atoms with Crippen molar-refractivity contribution < 1.29 is 10.2 Å². The Morgan fingerprint density at radius 1 is 1.30 bits per heavy atom. The molecule has 0 aliphatic heterocycles. The summed E-state index contributed by atoms with van der Waals surface area (Å²) in [6, 6.07) is 0. The van der Waals surface area contributed by atoms with Gasteiger partial charge in [-0.05, 0) is 25.3 Å². The van der Waals surface area contributed by atoms with Crippen molar-refractivity contribution in [2.45, 2.75) is 31.5 Å². The normalized spacial score (nSPS) is 41.7. The Kier molecular flexibility index (Phi) is 2.65. The lowest BCUT2D eigenvalue weighted by Crippen LogP contribution is -2.40. The van der Waals surface area contributed by atoms with Crippen LogP contribution in [0.2, 0.25) is 0 Å². The second-order valence-corrected chi connectivity index (χ2v) is 2.98. The van der Waals surface area contributed by atoms with Crippen molar-refractivity contribution in [3.05, 3.63) is 0 Å². The summed E-state index contributed by atoms with van der Waals surface area (Å²) in [5.41, 5.74) is 5.38. The number of nitrogens with two attached hydrogens (primary N) is 1. The van der Waals surface area contributed by atoms with Gasteiger partial charge in [0.1, 0.15) is 0 Å². The van der Waals surface area contributed by atoms with E-state index >= 15 is 0 Å². The van der Waals surface area contributed by atoms with Crippen LogP contribution in [0.3, 0.4) is 0 Å². The lowest BCUT2D eigenvalue weighted by atomic mass is 9.85. The highest BCUT2D eigenvalue weighted by Crippen LogP contribution is 2.23. The van der Waals surface area contributed by atoms with Crippen molar-refractivity contribution in [2.75, 3.05) is 6.54 Å². The van der Waals surface area contributed by atoms with Crippen LogP contribution in [-0.2, 0) is 0 Å². The topological polar surface area (TPSA) is 66.5 Å². The number of rotatable bonds is 1. The predicted molar refractivity (Wildman–Crippen MR) is 38.4 cm³/mol. The maximum Gasteiger partial charge on any atom is 0.0839 e. The van der Waals surface area contributed by atoms with E-state index in [0.717, 1.165) is 19.3 Å². The van der Waals surface area contributed by atoms with Crippen LogP contribution in [0.25, 0.3) is 0 Å². The number of hydrogen-bond donors (Lipinski definition) is 3. The fourth-order valence-corrected chi connectivity index (χ4v) is 1.50. The molecule has 0 aromatic rings. The molecule has 4 N–H and O–H groups in total. The van der Waals surface area contributed by atoms with Gasteiger partial charge < -0.3 is 15.9 Å². The molecule has 0 spiro atoms. The Morgan fingerprint density at radius 3 is 2.50 bits per heavy atom. The van der Waals surface area contributed by atoms with Crippen LogP contribution in [0.15, 0.2) is 0 Å². The summed E-state index contributed by atoms with van der Waals surface area (Å²) < 4.78 is 0. The van der Waals surface area contributed by atoms with E-state index in [1.807, 2.05) is 0 Å². The van der Waals surface area contributed by atoms with Crippen LogP contribution in [0, 0.1) is 5.92 Å². The van der Waals surface area contributed by atoms with E-state index in [1.54, 1.807) is 0 Å². The third kappa shape index (κ3) is 1.48. The average Bonchev–Trinajstić information content (AvgIpc) is 1.95. The SMILES string of the molecule is NC[C@@H]1CCC[C@H](O)[C@@H]1O. The van der Waals surface area contributed by atoms with E-state index in [4.69, 9.17) is 5.73 Å². The van der Waals surface area contributed by atoms with Gasteiger partial charge in [-0.2, -0.15) is 0 Å². The monoisotopic (exact) mass is 145 g/mol. The maximum atomic E-state index is 9.31. The van der Waals surface area contributed by atoms with Gasteiger partial charge in [-0.3, -0.25) is 0 Å². The van der Waals surface area contributed by atoms with Crippen molar-refractivity contribution in [1.82, 2.24) is 0 Å². The first-order valence-corrected chi connectivity index (χ1v) is 3.82. The van der Waals surface area contributed by atoms with Gasteiger partial charge >= 0.3 is 0 Å². The zero-order chi connectivity index (χ0) is 7.56. The average molecular weight is 145 g/mol. The van der Waals surface area contributed by atoms with Gasteiger partial charge in [-0.25, -0.2) is 0 Å². The molecule has 1 fully saturated rings. The Labute approximate surface area is 60.9 Å². The van der Waals surface area contributed by atoms with Crippen molar-refractivity contribution in [3.8, 4) is 0 Å². The highest BCUT2D eigenvalue weighted by Gasteiger charge is 2.28. The Balaban J connectivity index is 2.42. The summed E-state index contributed by atoms with van der Waals surface area (Å²) in [5, 5.41) is 18.5. The molecule has 3 nitrogen and oxygen atoms in total. The molecule has 0 bridgehead atoms. The third-order valence-corrected chi connectivity index (χ3v) is 2.25. The van der Waals surface area contributed by atoms with E-state index in [1.165, 1.54) is 0 Å². The molecular formula is C7H15NO2. The van der Waals surface area contributed by atoms with Crippen molar-refractivity contribution in [2.24, 2.45) is 11.7 Å². The van der Waals surface area contributed by atoms with Gasteiger partial charge in [-0.1, -0.05) is 6.42 Å². The maximum absolute atomic E-state index is 9.31. The molecule has 0 saturated heterocycles. The molecule has 0 unspecified atom stereocenters. The minimum Gasteiger partial charge on any atom is -0.390 e. The first kappa shape index (κ1) is 7.98. The van der Waals surface area contributed by atoms with E-state index in [-0.39, 0.29) is 5.92 Å². The summed E-state index contributed by atoms with van der Waals surface area (Å²) in [4.78, 5) is 0. The second-order valence-electron chi connectivity index (χ2n) is 2.98. The van der Waals surface area contributed by atoms with Crippen LogP contribution >= 0.6 is 0 Å². The highest BCUT2D eigenvalue weighted by atomic mass is 16.3.